The molecule has 3 heteroatoms. The summed E-state index contributed by atoms with van der Waals surface area (Å²) in [7, 11) is 2.15. The van der Waals surface area contributed by atoms with E-state index in [4.69, 9.17) is 5.73 Å². The fourth-order valence-corrected chi connectivity index (χ4v) is 2.23. The quantitative estimate of drug-likeness (QED) is 0.843. The predicted octanol–water partition coefficient (Wildman–Crippen LogP) is 2.84. The Bertz CT molecular complexity index is 337. The average Bonchev–Trinajstić information content (AvgIpc) is 2.38. The van der Waals surface area contributed by atoms with Crippen molar-refractivity contribution in [3.63, 3.8) is 0 Å². The van der Waals surface area contributed by atoms with Gasteiger partial charge < -0.3 is 5.73 Å². The zero-order valence-corrected chi connectivity index (χ0v) is 12.3. The Morgan fingerprint density at radius 2 is 1.94 bits per heavy atom. The van der Waals surface area contributed by atoms with Crippen molar-refractivity contribution in [1.29, 1.82) is 0 Å². The van der Waals surface area contributed by atoms with Gasteiger partial charge in [0.2, 0.25) is 0 Å². The molecule has 102 valence electrons. The van der Waals surface area contributed by atoms with Crippen molar-refractivity contribution in [2.45, 2.75) is 52.2 Å². The van der Waals surface area contributed by atoms with E-state index in [1.807, 2.05) is 18.3 Å². The standard InChI is InChI=1S/C15H27N3/c1-6-13(16)15(14-9-7-8-10-17-14)18(5)12(4)11(2)3/h7-13,15H,6,16H2,1-5H3. The summed E-state index contributed by atoms with van der Waals surface area (Å²) in [5, 5.41) is 0. The third kappa shape index (κ3) is 3.53. The van der Waals surface area contributed by atoms with E-state index in [-0.39, 0.29) is 12.1 Å². The van der Waals surface area contributed by atoms with Crippen LogP contribution in [0.25, 0.3) is 0 Å². The molecule has 0 amide bonds. The largest absolute Gasteiger partial charge is 0.326 e. The van der Waals surface area contributed by atoms with Gasteiger partial charge >= 0.3 is 0 Å². The van der Waals surface area contributed by atoms with Gasteiger partial charge in [-0.1, -0.05) is 26.8 Å². The number of nitrogens with zero attached hydrogens (tertiary/aromatic N) is 2. The monoisotopic (exact) mass is 249 g/mol. The van der Waals surface area contributed by atoms with Gasteiger partial charge in [-0.05, 0) is 38.4 Å². The first-order valence-electron chi connectivity index (χ1n) is 6.87. The molecule has 18 heavy (non-hydrogen) atoms. The second kappa shape index (κ2) is 6.86. The topological polar surface area (TPSA) is 42.1 Å². The van der Waals surface area contributed by atoms with Crippen LogP contribution in [-0.4, -0.2) is 29.0 Å². The maximum Gasteiger partial charge on any atom is 0.0673 e. The molecule has 0 saturated carbocycles. The van der Waals surface area contributed by atoms with E-state index in [1.54, 1.807) is 0 Å². The third-order valence-corrected chi connectivity index (χ3v) is 3.91. The van der Waals surface area contributed by atoms with Gasteiger partial charge in [-0.2, -0.15) is 0 Å². The average molecular weight is 249 g/mol. The van der Waals surface area contributed by atoms with Gasteiger partial charge in [0, 0.05) is 18.3 Å². The molecule has 1 aromatic heterocycles. The number of hydrogen-bond donors (Lipinski definition) is 1. The van der Waals surface area contributed by atoms with Crippen LogP contribution in [0.1, 0.15) is 45.9 Å². The highest BCUT2D eigenvalue weighted by Gasteiger charge is 2.28. The highest BCUT2D eigenvalue weighted by atomic mass is 15.2. The van der Waals surface area contributed by atoms with Crippen LogP contribution in [0.5, 0.6) is 0 Å². The second-order valence-electron chi connectivity index (χ2n) is 5.42. The lowest BCUT2D eigenvalue weighted by Gasteiger charge is -2.37. The number of rotatable bonds is 6. The fourth-order valence-electron chi connectivity index (χ4n) is 2.23. The molecule has 3 unspecified atom stereocenters. The SMILES string of the molecule is CCC(N)C(c1ccccn1)N(C)C(C)C(C)C. The summed E-state index contributed by atoms with van der Waals surface area (Å²) >= 11 is 0. The van der Waals surface area contributed by atoms with Gasteiger partial charge in [0.05, 0.1) is 11.7 Å². The molecule has 0 aromatic carbocycles. The van der Waals surface area contributed by atoms with Crippen molar-refractivity contribution in [3.8, 4) is 0 Å². The van der Waals surface area contributed by atoms with Crippen LogP contribution < -0.4 is 5.73 Å². The molecule has 1 aromatic rings. The molecule has 3 atom stereocenters. The maximum absolute atomic E-state index is 6.31. The van der Waals surface area contributed by atoms with E-state index in [1.165, 1.54) is 0 Å². The molecule has 1 rings (SSSR count). The van der Waals surface area contributed by atoms with E-state index in [0.29, 0.717) is 12.0 Å². The summed E-state index contributed by atoms with van der Waals surface area (Å²) in [6.07, 6.45) is 2.80. The minimum absolute atomic E-state index is 0.117. The van der Waals surface area contributed by atoms with Crippen LogP contribution in [0.3, 0.4) is 0 Å². The first kappa shape index (κ1) is 15.1. The van der Waals surface area contributed by atoms with Gasteiger partial charge in [0.15, 0.2) is 0 Å². The molecule has 1 heterocycles. The van der Waals surface area contributed by atoms with E-state index in [9.17, 15) is 0 Å². The molecule has 0 bridgehead atoms. The minimum Gasteiger partial charge on any atom is -0.326 e. The molecule has 3 nitrogen and oxygen atoms in total. The van der Waals surface area contributed by atoms with Crippen molar-refractivity contribution in [3.05, 3.63) is 30.1 Å². The first-order valence-corrected chi connectivity index (χ1v) is 6.87. The molecule has 0 aliphatic rings. The molecule has 0 aliphatic heterocycles. The second-order valence-corrected chi connectivity index (χ2v) is 5.42. The molecule has 0 saturated heterocycles. The van der Waals surface area contributed by atoms with Crippen LogP contribution >= 0.6 is 0 Å². The van der Waals surface area contributed by atoms with Crippen molar-refractivity contribution in [2.24, 2.45) is 11.7 Å². The smallest absolute Gasteiger partial charge is 0.0673 e. The zero-order chi connectivity index (χ0) is 13.7. The van der Waals surface area contributed by atoms with Crippen LogP contribution in [0.15, 0.2) is 24.4 Å². The van der Waals surface area contributed by atoms with Gasteiger partial charge in [-0.25, -0.2) is 0 Å². The van der Waals surface area contributed by atoms with Gasteiger partial charge in [-0.15, -0.1) is 0 Å². The van der Waals surface area contributed by atoms with E-state index in [2.05, 4.69) is 50.7 Å². The van der Waals surface area contributed by atoms with Crippen LogP contribution in [0.4, 0.5) is 0 Å². The Labute approximate surface area is 111 Å². The third-order valence-electron chi connectivity index (χ3n) is 3.91. The highest BCUT2D eigenvalue weighted by Crippen LogP contribution is 2.26. The van der Waals surface area contributed by atoms with Crippen molar-refractivity contribution in [2.75, 3.05) is 7.05 Å². The predicted molar refractivity (Wildman–Crippen MR) is 77.3 cm³/mol. The number of hydrogen-bond acceptors (Lipinski definition) is 3. The molecule has 2 N–H and O–H groups in total. The lowest BCUT2D eigenvalue weighted by Crippen LogP contribution is -2.45. The number of pyridine rings is 1. The van der Waals surface area contributed by atoms with Gasteiger partial charge in [0.25, 0.3) is 0 Å². The summed E-state index contributed by atoms with van der Waals surface area (Å²) in [6.45, 7) is 8.87. The molecular weight excluding hydrogens is 222 g/mol. The number of likely N-dealkylation sites (N-methyl/N-ethyl adjacent to an activating group) is 1. The van der Waals surface area contributed by atoms with E-state index < -0.39 is 0 Å². The van der Waals surface area contributed by atoms with Crippen molar-refractivity contribution < 1.29 is 0 Å². The van der Waals surface area contributed by atoms with Crippen LogP contribution in [0, 0.1) is 5.92 Å². The molecule has 0 radical (unpaired) electrons. The Balaban J connectivity index is 2.99. The summed E-state index contributed by atoms with van der Waals surface area (Å²) in [5.41, 5.74) is 7.38. The lowest BCUT2D eigenvalue weighted by atomic mass is 9.96. The van der Waals surface area contributed by atoms with Crippen molar-refractivity contribution >= 4 is 0 Å². The molecule has 0 fully saturated rings. The zero-order valence-electron chi connectivity index (χ0n) is 12.3. The van der Waals surface area contributed by atoms with Crippen LogP contribution in [0.2, 0.25) is 0 Å². The minimum atomic E-state index is 0.117. The normalized spacial score (nSPS) is 16.9. The van der Waals surface area contributed by atoms with Crippen molar-refractivity contribution in [1.82, 2.24) is 9.88 Å². The molecule has 0 aliphatic carbocycles. The van der Waals surface area contributed by atoms with E-state index >= 15 is 0 Å². The van der Waals surface area contributed by atoms with Gasteiger partial charge in [-0.3, -0.25) is 9.88 Å². The molecule has 0 spiro atoms. The molecular formula is C15H27N3. The maximum atomic E-state index is 6.31. The first-order chi connectivity index (χ1) is 8.49. The summed E-state index contributed by atoms with van der Waals surface area (Å²) < 4.78 is 0. The summed E-state index contributed by atoms with van der Waals surface area (Å²) in [5.74, 6) is 0.602. The van der Waals surface area contributed by atoms with Gasteiger partial charge in [0.1, 0.15) is 0 Å². The number of nitrogens with two attached hydrogens (primary N) is 1. The highest BCUT2D eigenvalue weighted by molar-refractivity contribution is 5.11. The Morgan fingerprint density at radius 1 is 1.28 bits per heavy atom. The summed E-state index contributed by atoms with van der Waals surface area (Å²) in [4.78, 5) is 6.85. The lowest BCUT2D eigenvalue weighted by molar-refractivity contribution is 0.124. The summed E-state index contributed by atoms with van der Waals surface area (Å²) in [6, 6.07) is 6.84. The van der Waals surface area contributed by atoms with Crippen LogP contribution in [-0.2, 0) is 0 Å². The van der Waals surface area contributed by atoms with E-state index in [0.717, 1.165) is 12.1 Å². The fraction of sp³-hybridized carbons (Fsp3) is 0.667. The Hall–Kier alpha value is -0.930. The Morgan fingerprint density at radius 3 is 2.39 bits per heavy atom. The Kier molecular flexibility index (Phi) is 5.76. The number of aromatic nitrogens is 1.